The van der Waals surface area contributed by atoms with Crippen LogP contribution in [0.4, 0.5) is 0 Å². The van der Waals surface area contributed by atoms with Crippen molar-refractivity contribution in [3.8, 4) is 0 Å². The van der Waals surface area contributed by atoms with Gasteiger partial charge in [-0.05, 0) is 18.3 Å². The maximum absolute atomic E-state index is 9.58. The van der Waals surface area contributed by atoms with Gasteiger partial charge >= 0.3 is 0 Å². The minimum atomic E-state index is -0.182. The zero-order chi connectivity index (χ0) is 8.27. The van der Waals surface area contributed by atoms with Gasteiger partial charge in [-0.3, -0.25) is 0 Å². The third-order valence-corrected chi connectivity index (χ3v) is 2.81. The minimum absolute atomic E-state index is 0.182. The van der Waals surface area contributed by atoms with Crippen LogP contribution in [-0.4, -0.2) is 11.2 Å². The Bertz CT molecular complexity index is 140. The highest BCUT2D eigenvalue weighted by Gasteiger charge is 2.25. The number of aliphatic hydroxyl groups is 1. The Morgan fingerprint density at radius 2 is 2.09 bits per heavy atom. The lowest BCUT2D eigenvalue weighted by Crippen LogP contribution is -2.28. The maximum Gasteiger partial charge on any atom is 0.0751 e. The van der Waals surface area contributed by atoms with Gasteiger partial charge in [0.2, 0.25) is 0 Å². The summed E-state index contributed by atoms with van der Waals surface area (Å²) in [6.07, 6.45) is 7.33. The summed E-state index contributed by atoms with van der Waals surface area (Å²) < 4.78 is 0. The van der Waals surface area contributed by atoms with E-state index in [-0.39, 0.29) is 6.10 Å². The van der Waals surface area contributed by atoms with Gasteiger partial charge in [0.25, 0.3) is 0 Å². The van der Waals surface area contributed by atoms with Crippen LogP contribution in [0.1, 0.15) is 33.1 Å². The standard InChI is InChI=1S/C10H18O/c1-3-8-6-5-7-10(11)9(8)4-2/h5,7-11H,3-4,6H2,1-2H3. The lowest BCUT2D eigenvalue weighted by molar-refractivity contribution is 0.0975. The zero-order valence-electron chi connectivity index (χ0n) is 7.46. The summed E-state index contributed by atoms with van der Waals surface area (Å²) in [7, 11) is 0. The number of rotatable bonds is 2. The van der Waals surface area contributed by atoms with Gasteiger partial charge in [0.1, 0.15) is 0 Å². The Balaban J connectivity index is 2.60. The van der Waals surface area contributed by atoms with E-state index in [0.717, 1.165) is 12.8 Å². The van der Waals surface area contributed by atoms with Gasteiger partial charge in [-0.1, -0.05) is 38.8 Å². The van der Waals surface area contributed by atoms with E-state index in [4.69, 9.17) is 0 Å². The molecule has 1 aliphatic rings. The largest absolute Gasteiger partial charge is 0.389 e. The van der Waals surface area contributed by atoms with Gasteiger partial charge in [0.15, 0.2) is 0 Å². The molecule has 0 aromatic heterocycles. The number of aliphatic hydroxyl groups excluding tert-OH is 1. The highest BCUT2D eigenvalue weighted by molar-refractivity contribution is 5.00. The average molecular weight is 154 g/mol. The van der Waals surface area contributed by atoms with Crippen LogP contribution in [0.3, 0.4) is 0 Å². The molecule has 0 heterocycles. The van der Waals surface area contributed by atoms with Crippen molar-refractivity contribution >= 4 is 0 Å². The molecule has 1 rings (SSSR count). The Labute approximate surface area is 69.1 Å². The molecule has 11 heavy (non-hydrogen) atoms. The Morgan fingerprint density at radius 3 is 2.55 bits per heavy atom. The van der Waals surface area contributed by atoms with Crippen molar-refractivity contribution in [2.45, 2.75) is 39.2 Å². The van der Waals surface area contributed by atoms with Crippen molar-refractivity contribution in [1.82, 2.24) is 0 Å². The minimum Gasteiger partial charge on any atom is -0.389 e. The number of hydrogen-bond acceptors (Lipinski definition) is 1. The summed E-state index contributed by atoms with van der Waals surface area (Å²) in [6.45, 7) is 4.37. The molecule has 0 spiro atoms. The second-order valence-corrected chi connectivity index (χ2v) is 3.39. The van der Waals surface area contributed by atoms with Gasteiger partial charge in [-0.15, -0.1) is 0 Å². The van der Waals surface area contributed by atoms with Crippen molar-refractivity contribution < 1.29 is 5.11 Å². The predicted octanol–water partition coefficient (Wildman–Crippen LogP) is 2.36. The smallest absolute Gasteiger partial charge is 0.0751 e. The van der Waals surface area contributed by atoms with E-state index < -0.39 is 0 Å². The molecule has 0 saturated carbocycles. The third kappa shape index (κ3) is 1.84. The molecule has 1 nitrogen and oxygen atoms in total. The first kappa shape index (κ1) is 8.79. The molecule has 0 aromatic carbocycles. The second kappa shape index (κ2) is 3.91. The first-order valence-corrected chi connectivity index (χ1v) is 4.64. The van der Waals surface area contributed by atoms with Crippen LogP contribution < -0.4 is 0 Å². The van der Waals surface area contributed by atoms with Crippen LogP contribution in [0.15, 0.2) is 12.2 Å². The van der Waals surface area contributed by atoms with E-state index in [9.17, 15) is 5.11 Å². The molecule has 0 aliphatic heterocycles. The SMILES string of the molecule is CCC1CC=CC(O)C1CC. The molecule has 1 aliphatic carbocycles. The fourth-order valence-corrected chi connectivity index (χ4v) is 2.03. The quantitative estimate of drug-likeness (QED) is 0.605. The van der Waals surface area contributed by atoms with Crippen molar-refractivity contribution in [1.29, 1.82) is 0 Å². The topological polar surface area (TPSA) is 20.2 Å². The van der Waals surface area contributed by atoms with Gasteiger partial charge in [-0.25, -0.2) is 0 Å². The van der Waals surface area contributed by atoms with E-state index in [1.54, 1.807) is 0 Å². The van der Waals surface area contributed by atoms with Crippen molar-refractivity contribution in [2.24, 2.45) is 11.8 Å². The second-order valence-electron chi connectivity index (χ2n) is 3.39. The van der Waals surface area contributed by atoms with Crippen LogP contribution in [-0.2, 0) is 0 Å². The summed E-state index contributed by atoms with van der Waals surface area (Å²) in [5.74, 6) is 1.21. The Morgan fingerprint density at radius 1 is 1.36 bits per heavy atom. The summed E-state index contributed by atoms with van der Waals surface area (Å²) >= 11 is 0. The van der Waals surface area contributed by atoms with Crippen molar-refractivity contribution in [3.05, 3.63) is 12.2 Å². The average Bonchev–Trinajstić information content (AvgIpc) is 2.04. The van der Waals surface area contributed by atoms with Crippen LogP contribution in [0, 0.1) is 11.8 Å². The maximum atomic E-state index is 9.58. The summed E-state index contributed by atoms with van der Waals surface area (Å²) in [5.41, 5.74) is 0. The molecule has 0 amide bonds. The molecule has 0 saturated heterocycles. The highest BCUT2D eigenvalue weighted by atomic mass is 16.3. The first-order valence-electron chi connectivity index (χ1n) is 4.64. The molecule has 0 bridgehead atoms. The zero-order valence-corrected chi connectivity index (χ0v) is 7.46. The third-order valence-electron chi connectivity index (χ3n) is 2.81. The summed E-state index contributed by atoms with van der Waals surface area (Å²) in [4.78, 5) is 0. The van der Waals surface area contributed by atoms with Gasteiger partial charge in [0.05, 0.1) is 6.10 Å². The molecule has 1 N–H and O–H groups in total. The highest BCUT2D eigenvalue weighted by Crippen LogP contribution is 2.30. The molecule has 3 unspecified atom stereocenters. The molecular formula is C10H18O. The van der Waals surface area contributed by atoms with Crippen LogP contribution in [0.25, 0.3) is 0 Å². The lowest BCUT2D eigenvalue weighted by Gasteiger charge is -2.30. The Kier molecular flexibility index (Phi) is 3.13. The van der Waals surface area contributed by atoms with E-state index in [2.05, 4.69) is 19.9 Å². The predicted molar refractivity (Wildman–Crippen MR) is 47.3 cm³/mol. The van der Waals surface area contributed by atoms with E-state index in [1.165, 1.54) is 6.42 Å². The van der Waals surface area contributed by atoms with Crippen molar-refractivity contribution in [2.75, 3.05) is 0 Å². The first-order chi connectivity index (χ1) is 5.29. The Hall–Kier alpha value is -0.300. The van der Waals surface area contributed by atoms with Crippen molar-refractivity contribution in [3.63, 3.8) is 0 Å². The number of hydrogen-bond donors (Lipinski definition) is 1. The van der Waals surface area contributed by atoms with E-state index >= 15 is 0 Å². The van der Waals surface area contributed by atoms with Gasteiger partial charge in [-0.2, -0.15) is 0 Å². The van der Waals surface area contributed by atoms with Crippen LogP contribution >= 0.6 is 0 Å². The number of allylic oxidation sites excluding steroid dienone is 1. The molecule has 3 atom stereocenters. The summed E-state index contributed by atoms with van der Waals surface area (Å²) in [5, 5.41) is 9.58. The van der Waals surface area contributed by atoms with Crippen LogP contribution in [0.5, 0.6) is 0 Å². The van der Waals surface area contributed by atoms with E-state index in [0.29, 0.717) is 11.8 Å². The molecule has 0 aromatic rings. The normalized spacial score (nSPS) is 37.5. The van der Waals surface area contributed by atoms with Crippen LogP contribution in [0.2, 0.25) is 0 Å². The summed E-state index contributed by atoms with van der Waals surface area (Å²) in [6, 6.07) is 0. The monoisotopic (exact) mass is 154 g/mol. The molecule has 64 valence electrons. The fourth-order valence-electron chi connectivity index (χ4n) is 2.03. The van der Waals surface area contributed by atoms with Gasteiger partial charge < -0.3 is 5.11 Å². The molecular weight excluding hydrogens is 136 g/mol. The molecule has 0 radical (unpaired) electrons. The van der Waals surface area contributed by atoms with Gasteiger partial charge in [0, 0.05) is 0 Å². The van der Waals surface area contributed by atoms with E-state index in [1.807, 2.05) is 6.08 Å². The fraction of sp³-hybridized carbons (Fsp3) is 0.800. The lowest BCUT2D eigenvalue weighted by atomic mass is 9.78. The molecule has 1 heteroatoms. The molecule has 0 fully saturated rings.